The number of H-pyrrole nitrogens is 1. The first-order chi connectivity index (χ1) is 6.63. The molecule has 0 bridgehead atoms. The second kappa shape index (κ2) is 2.78. The van der Waals surface area contributed by atoms with Crippen LogP contribution in [0.15, 0.2) is 12.1 Å². The summed E-state index contributed by atoms with van der Waals surface area (Å²) in [6.45, 7) is 3.76. The van der Waals surface area contributed by atoms with Crippen molar-refractivity contribution in [2.75, 3.05) is 0 Å². The quantitative estimate of drug-likeness (QED) is 0.663. The summed E-state index contributed by atoms with van der Waals surface area (Å²) in [4.78, 5) is 3.14. The number of nitrogens with zero attached hydrogens (tertiary/aromatic N) is 1. The second-order valence-electron chi connectivity index (χ2n) is 3.42. The van der Waals surface area contributed by atoms with E-state index in [0.29, 0.717) is 5.56 Å². The monoisotopic (exact) mass is 186 g/mol. The van der Waals surface area contributed by atoms with Gasteiger partial charge < -0.3 is 10.1 Å². The Morgan fingerprint density at radius 1 is 1.36 bits per heavy atom. The second-order valence-corrected chi connectivity index (χ2v) is 3.42. The average molecular weight is 186 g/mol. The van der Waals surface area contributed by atoms with Crippen LogP contribution in [0.3, 0.4) is 0 Å². The predicted molar refractivity (Wildman–Crippen MR) is 54.2 cm³/mol. The molecule has 0 fully saturated rings. The van der Waals surface area contributed by atoms with Crippen LogP contribution < -0.4 is 0 Å². The molecule has 0 saturated heterocycles. The standard InChI is InChI=1S/C11H10N2O/c1-6-3-8(14)4-9-10(5-12)7(2)13-11(6)9/h3-4,13-14H,1-2H3. The molecular weight excluding hydrogens is 176 g/mol. The van der Waals surface area contributed by atoms with E-state index in [9.17, 15) is 5.11 Å². The SMILES string of the molecule is Cc1[nH]c2c(C)cc(O)cc2c1C#N. The Morgan fingerprint density at radius 3 is 2.71 bits per heavy atom. The summed E-state index contributed by atoms with van der Waals surface area (Å²) >= 11 is 0. The molecule has 70 valence electrons. The number of hydrogen-bond acceptors (Lipinski definition) is 2. The Bertz CT molecular complexity index is 546. The molecule has 0 amide bonds. The maximum absolute atomic E-state index is 9.42. The van der Waals surface area contributed by atoms with E-state index in [1.165, 1.54) is 0 Å². The minimum Gasteiger partial charge on any atom is -0.508 e. The Hall–Kier alpha value is -1.95. The van der Waals surface area contributed by atoms with Crippen LogP contribution in [0.5, 0.6) is 5.75 Å². The van der Waals surface area contributed by atoms with Gasteiger partial charge in [-0.3, -0.25) is 0 Å². The molecule has 14 heavy (non-hydrogen) atoms. The number of benzene rings is 1. The largest absolute Gasteiger partial charge is 0.508 e. The smallest absolute Gasteiger partial charge is 0.116 e. The lowest BCUT2D eigenvalue weighted by atomic mass is 10.1. The summed E-state index contributed by atoms with van der Waals surface area (Å²) in [7, 11) is 0. The number of nitriles is 1. The first kappa shape index (κ1) is 8.64. The lowest BCUT2D eigenvalue weighted by Gasteiger charge is -1.97. The molecule has 0 aliphatic heterocycles. The third kappa shape index (κ3) is 1.05. The molecule has 0 spiro atoms. The Morgan fingerprint density at radius 2 is 2.07 bits per heavy atom. The average Bonchev–Trinajstić information content (AvgIpc) is 2.41. The Labute approximate surface area is 81.6 Å². The highest BCUT2D eigenvalue weighted by atomic mass is 16.3. The van der Waals surface area contributed by atoms with Crippen LogP contribution in [0.25, 0.3) is 10.9 Å². The van der Waals surface area contributed by atoms with E-state index >= 15 is 0 Å². The van der Waals surface area contributed by atoms with Gasteiger partial charge >= 0.3 is 0 Å². The van der Waals surface area contributed by atoms with Crippen molar-refractivity contribution in [3.8, 4) is 11.8 Å². The van der Waals surface area contributed by atoms with Gasteiger partial charge in [-0.05, 0) is 31.5 Å². The zero-order chi connectivity index (χ0) is 10.3. The number of aromatic hydroxyl groups is 1. The topological polar surface area (TPSA) is 59.8 Å². The predicted octanol–water partition coefficient (Wildman–Crippen LogP) is 2.36. The Kier molecular flexibility index (Phi) is 1.71. The molecule has 2 rings (SSSR count). The van der Waals surface area contributed by atoms with Crippen LogP contribution >= 0.6 is 0 Å². The number of nitrogens with one attached hydrogen (secondary N) is 1. The molecule has 1 heterocycles. The van der Waals surface area contributed by atoms with Crippen molar-refractivity contribution in [3.63, 3.8) is 0 Å². The van der Waals surface area contributed by atoms with Crippen LogP contribution in [-0.2, 0) is 0 Å². The third-order valence-corrected chi connectivity index (χ3v) is 2.39. The van der Waals surface area contributed by atoms with Crippen molar-refractivity contribution in [3.05, 3.63) is 29.0 Å². The zero-order valence-corrected chi connectivity index (χ0v) is 8.05. The van der Waals surface area contributed by atoms with Gasteiger partial charge in [-0.2, -0.15) is 5.26 Å². The summed E-state index contributed by atoms with van der Waals surface area (Å²) in [6, 6.07) is 5.43. The maximum Gasteiger partial charge on any atom is 0.116 e. The van der Waals surface area contributed by atoms with Gasteiger partial charge in [0, 0.05) is 11.1 Å². The van der Waals surface area contributed by atoms with Gasteiger partial charge in [0.1, 0.15) is 11.8 Å². The maximum atomic E-state index is 9.42. The molecule has 3 heteroatoms. The first-order valence-corrected chi connectivity index (χ1v) is 4.35. The van der Waals surface area contributed by atoms with Gasteiger partial charge in [-0.25, -0.2) is 0 Å². The third-order valence-electron chi connectivity index (χ3n) is 2.39. The molecule has 0 aliphatic carbocycles. The molecule has 0 aliphatic rings. The van der Waals surface area contributed by atoms with E-state index in [-0.39, 0.29) is 5.75 Å². The number of phenolic OH excluding ortho intramolecular Hbond substituents is 1. The van der Waals surface area contributed by atoms with Gasteiger partial charge in [0.15, 0.2) is 0 Å². The summed E-state index contributed by atoms with van der Waals surface area (Å²) in [6.07, 6.45) is 0. The van der Waals surface area contributed by atoms with Crippen LogP contribution in [-0.4, -0.2) is 10.1 Å². The van der Waals surface area contributed by atoms with Crippen molar-refractivity contribution < 1.29 is 5.11 Å². The minimum absolute atomic E-state index is 0.200. The van der Waals surface area contributed by atoms with Crippen molar-refractivity contribution in [1.82, 2.24) is 4.98 Å². The van der Waals surface area contributed by atoms with E-state index in [4.69, 9.17) is 5.26 Å². The van der Waals surface area contributed by atoms with Gasteiger partial charge in [0.25, 0.3) is 0 Å². The molecular formula is C11H10N2O. The zero-order valence-electron chi connectivity index (χ0n) is 8.05. The molecule has 0 unspecified atom stereocenters. The van der Waals surface area contributed by atoms with Crippen LogP contribution in [0.2, 0.25) is 0 Å². The highest BCUT2D eigenvalue weighted by Crippen LogP contribution is 2.28. The number of rotatable bonds is 0. The molecule has 0 radical (unpaired) electrons. The Balaban J connectivity index is 2.97. The van der Waals surface area contributed by atoms with E-state index in [0.717, 1.165) is 22.2 Å². The van der Waals surface area contributed by atoms with Crippen LogP contribution in [0, 0.1) is 25.2 Å². The number of hydrogen-bond donors (Lipinski definition) is 2. The number of fused-ring (bicyclic) bond motifs is 1. The normalized spacial score (nSPS) is 10.4. The van der Waals surface area contributed by atoms with Crippen LogP contribution in [0.4, 0.5) is 0 Å². The fourth-order valence-corrected chi connectivity index (χ4v) is 1.73. The number of phenols is 1. The number of aromatic amines is 1. The highest BCUT2D eigenvalue weighted by molar-refractivity contribution is 5.90. The lowest BCUT2D eigenvalue weighted by molar-refractivity contribution is 0.476. The fraction of sp³-hybridized carbons (Fsp3) is 0.182. The minimum atomic E-state index is 0.200. The lowest BCUT2D eigenvalue weighted by Crippen LogP contribution is -1.76. The molecule has 3 nitrogen and oxygen atoms in total. The van der Waals surface area contributed by atoms with E-state index in [1.54, 1.807) is 12.1 Å². The van der Waals surface area contributed by atoms with Gasteiger partial charge in [-0.15, -0.1) is 0 Å². The molecule has 0 atom stereocenters. The molecule has 2 aromatic rings. The van der Waals surface area contributed by atoms with Gasteiger partial charge in [-0.1, -0.05) is 0 Å². The van der Waals surface area contributed by atoms with Crippen molar-refractivity contribution in [2.24, 2.45) is 0 Å². The highest BCUT2D eigenvalue weighted by Gasteiger charge is 2.10. The summed E-state index contributed by atoms with van der Waals surface area (Å²) in [5, 5.41) is 19.1. The fourth-order valence-electron chi connectivity index (χ4n) is 1.73. The molecule has 2 N–H and O–H groups in total. The van der Waals surface area contributed by atoms with E-state index in [2.05, 4.69) is 11.1 Å². The van der Waals surface area contributed by atoms with Gasteiger partial charge in [0.2, 0.25) is 0 Å². The van der Waals surface area contributed by atoms with Crippen molar-refractivity contribution in [1.29, 1.82) is 5.26 Å². The number of aryl methyl sites for hydroxylation is 2. The first-order valence-electron chi connectivity index (χ1n) is 4.35. The number of aromatic nitrogens is 1. The van der Waals surface area contributed by atoms with E-state index < -0.39 is 0 Å². The summed E-state index contributed by atoms with van der Waals surface area (Å²) in [5.41, 5.74) is 3.33. The molecule has 1 aromatic carbocycles. The van der Waals surface area contributed by atoms with Crippen LogP contribution in [0.1, 0.15) is 16.8 Å². The van der Waals surface area contributed by atoms with Crippen molar-refractivity contribution in [2.45, 2.75) is 13.8 Å². The van der Waals surface area contributed by atoms with E-state index in [1.807, 2.05) is 13.8 Å². The summed E-state index contributed by atoms with van der Waals surface area (Å²) < 4.78 is 0. The molecule has 1 aromatic heterocycles. The summed E-state index contributed by atoms with van der Waals surface area (Å²) in [5.74, 6) is 0.200. The molecule has 0 saturated carbocycles. The van der Waals surface area contributed by atoms with Crippen molar-refractivity contribution >= 4 is 10.9 Å². The van der Waals surface area contributed by atoms with Gasteiger partial charge in [0.05, 0.1) is 11.1 Å².